The van der Waals surface area contributed by atoms with E-state index in [4.69, 9.17) is 4.74 Å². The molecule has 1 rings (SSSR count). The summed E-state index contributed by atoms with van der Waals surface area (Å²) in [6.07, 6.45) is 0.812. The Morgan fingerprint density at radius 3 is 2.64 bits per heavy atom. The number of hydrogen-bond acceptors (Lipinski definition) is 3. The van der Waals surface area contributed by atoms with Gasteiger partial charge in [-0.15, -0.1) is 0 Å². The molecule has 0 radical (unpaired) electrons. The molecule has 3 nitrogen and oxygen atoms in total. The molecule has 1 aliphatic heterocycles. The molecule has 0 saturated heterocycles. The average Bonchev–Trinajstić information content (AvgIpc) is 2.32. The molecule has 1 aliphatic rings. The SMILES string of the molecule is CCC1=NC(C(C)(C)O)CO1. The van der Waals surface area contributed by atoms with Gasteiger partial charge in [0.2, 0.25) is 0 Å². The maximum Gasteiger partial charge on any atom is 0.183 e. The van der Waals surface area contributed by atoms with Crippen LogP contribution < -0.4 is 0 Å². The first-order chi connectivity index (χ1) is 5.04. The maximum atomic E-state index is 9.54. The van der Waals surface area contributed by atoms with Gasteiger partial charge in [-0.1, -0.05) is 6.92 Å². The Balaban J connectivity index is 2.59. The van der Waals surface area contributed by atoms with Gasteiger partial charge in [-0.3, -0.25) is 0 Å². The summed E-state index contributed by atoms with van der Waals surface area (Å²) in [7, 11) is 0. The predicted molar refractivity (Wildman–Crippen MR) is 43.8 cm³/mol. The quantitative estimate of drug-likeness (QED) is 0.648. The summed E-state index contributed by atoms with van der Waals surface area (Å²) < 4.78 is 5.23. The molecular formula is C8H15NO2. The highest BCUT2D eigenvalue weighted by atomic mass is 16.5. The van der Waals surface area contributed by atoms with Crippen molar-refractivity contribution in [2.75, 3.05) is 6.61 Å². The average molecular weight is 157 g/mol. The van der Waals surface area contributed by atoms with Crippen molar-refractivity contribution in [1.29, 1.82) is 0 Å². The third-order valence-corrected chi connectivity index (χ3v) is 1.83. The number of ether oxygens (including phenoxy) is 1. The zero-order valence-electron chi connectivity index (χ0n) is 7.29. The number of aliphatic imine (C=N–C) groups is 1. The van der Waals surface area contributed by atoms with Crippen molar-refractivity contribution >= 4 is 5.90 Å². The molecule has 0 spiro atoms. The minimum absolute atomic E-state index is 0.0857. The van der Waals surface area contributed by atoms with Crippen LogP contribution in [0, 0.1) is 0 Å². The zero-order valence-corrected chi connectivity index (χ0v) is 7.29. The van der Waals surface area contributed by atoms with Crippen molar-refractivity contribution in [1.82, 2.24) is 0 Å². The van der Waals surface area contributed by atoms with Crippen molar-refractivity contribution in [3.8, 4) is 0 Å². The molecule has 0 aromatic heterocycles. The predicted octanol–water partition coefficient (Wildman–Crippen LogP) is 0.965. The third kappa shape index (κ3) is 1.93. The fourth-order valence-electron chi connectivity index (χ4n) is 0.979. The van der Waals surface area contributed by atoms with Crippen molar-refractivity contribution in [2.45, 2.75) is 38.8 Å². The van der Waals surface area contributed by atoms with Crippen LogP contribution in [0.4, 0.5) is 0 Å². The maximum absolute atomic E-state index is 9.54. The van der Waals surface area contributed by atoms with E-state index in [-0.39, 0.29) is 6.04 Å². The van der Waals surface area contributed by atoms with Crippen LogP contribution in [-0.2, 0) is 4.74 Å². The Morgan fingerprint density at radius 2 is 2.36 bits per heavy atom. The van der Waals surface area contributed by atoms with E-state index in [1.807, 2.05) is 6.92 Å². The van der Waals surface area contributed by atoms with Crippen molar-refractivity contribution in [2.24, 2.45) is 4.99 Å². The highest BCUT2D eigenvalue weighted by Gasteiger charge is 2.31. The summed E-state index contributed by atoms with van der Waals surface area (Å²) in [6.45, 7) is 6.02. The van der Waals surface area contributed by atoms with E-state index in [9.17, 15) is 5.11 Å². The van der Waals surface area contributed by atoms with Gasteiger partial charge in [-0.25, -0.2) is 4.99 Å². The van der Waals surface area contributed by atoms with Crippen molar-refractivity contribution in [3.63, 3.8) is 0 Å². The van der Waals surface area contributed by atoms with Gasteiger partial charge in [0.05, 0.1) is 5.60 Å². The number of rotatable bonds is 2. The Morgan fingerprint density at radius 1 is 1.73 bits per heavy atom. The molecule has 64 valence electrons. The van der Waals surface area contributed by atoms with E-state index in [0.717, 1.165) is 12.3 Å². The molecular weight excluding hydrogens is 142 g/mol. The van der Waals surface area contributed by atoms with Gasteiger partial charge in [-0.2, -0.15) is 0 Å². The lowest BCUT2D eigenvalue weighted by Gasteiger charge is -2.20. The lowest BCUT2D eigenvalue weighted by molar-refractivity contribution is 0.0435. The molecule has 0 bridgehead atoms. The van der Waals surface area contributed by atoms with Crippen LogP contribution >= 0.6 is 0 Å². The van der Waals surface area contributed by atoms with Crippen LogP contribution in [0.1, 0.15) is 27.2 Å². The first kappa shape index (κ1) is 8.53. The molecule has 3 heteroatoms. The summed E-state index contributed by atoms with van der Waals surface area (Å²) in [6, 6.07) is -0.0857. The fourth-order valence-corrected chi connectivity index (χ4v) is 0.979. The number of hydrogen-bond donors (Lipinski definition) is 1. The van der Waals surface area contributed by atoms with Gasteiger partial charge < -0.3 is 9.84 Å². The summed E-state index contributed by atoms with van der Waals surface area (Å²) in [5.74, 6) is 0.761. The largest absolute Gasteiger partial charge is 0.479 e. The molecule has 0 fully saturated rings. The molecule has 0 aliphatic carbocycles. The third-order valence-electron chi connectivity index (χ3n) is 1.83. The van der Waals surface area contributed by atoms with Crippen LogP contribution in [0.3, 0.4) is 0 Å². The van der Waals surface area contributed by atoms with E-state index in [0.29, 0.717) is 6.61 Å². The molecule has 1 atom stereocenters. The smallest absolute Gasteiger partial charge is 0.183 e. The Hall–Kier alpha value is -0.570. The molecule has 0 saturated carbocycles. The lowest BCUT2D eigenvalue weighted by Crippen LogP contribution is -2.35. The Bertz CT molecular complexity index is 169. The highest BCUT2D eigenvalue weighted by Crippen LogP contribution is 2.18. The van der Waals surface area contributed by atoms with E-state index in [1.165, 1.54) is 0 Å². The second-order valence-electron chi connectivity index (χ2n) is 3.36. The molecule has 1 N–H and O–H groups in total. The van der Waals surface area contributed by atoms with Gasteiger partial charge in [0.15, 0.2) is 5.90 Å². The molecule has 0 aromatic carbocycles. The fraction of sp³-hybridized carbons (Fsp3) is 0.875. The standard InChI is InChI=1S/C8H15NO2/c1-4-7-9-6(5-11-7)8(2,3)10/h6,10H,4-5H2,1-3H3. The highest BCUT2D eigenvalue weighted by molar-refractivity contribution is 5.77. The summed E-state index contributed by atoms with van der Waals surface area (Å²) in [5.41, 5.74) is -0.753. The Kier molecular flexibility index (Phi) is 2.18. The van der Waals surface area contributed by atoms with E-state index < -0.39 is 5.60 Å². The topological polar surface area (TPSA) is 41.8 Å². The monoisotopic (exact) mass is 157 g/mol. The molecule has 0 aromatic rings. The van der Waals surface area contributed by atoms with Crippen LogP contribution in [0.5, 0.6) is 0 Å². The van der Waals surface area contributed by atoms with Crippen LogP contribution in [0.2, 0.25) is 0 Å². The minimum Gasteiger partial charge on any atom is -0.479 e. The lowest BCUT2D eigenvalue weighted by atomic mass is 10.0. The van der Waals surface area contributed by atoms with Gasteiger partial charge in [0, 0.05) is 6.42 Å². The van der Waals surface area contributed by atoms with Gasteiger partial charge >= 0.3 is 0 Å². The molecule has 1 unspecified atom stereocenters. The van der Waals surface area contributed by atoms with Crippen LogP contribution in [0.15, 0.2) is 4.99 Å². The van der Waals surface area contributed by atoms with Gasteiger partial charge in [0.1, 0.15) is 12.6 Å². The number of nitrogens with zero attached hydrogens (tertiary/aromatic N) is 1. The van der Waals surface area contributed by atoms with Crippen LogP contribution in [0.25, 0.3) is 0 Å². The number of aliphatic hydroxyl groups is 1. The second-order valence-corrected chi connectivity index (χ2v) is 3.36. The minimum atomic E-state index is -0.753. The first-order valence-corrected chi connectivity index (χ1v) is 3.96. The summed E-state index contributed by atoms with van der Waals surface area (Å²) in [5, 5.41) is 9.54. The van der Waals surface area contributed by atoms with E-state index in [1.54, 1.807) is 13.8 Å². The molecule has 0 amide bonds. The second kappa shape index (κ2) is 2.81. The van der Waals surface area contributed by atoms with Gasteiger partial charge in [0.25, 0.3) is 0 Å². The normalized spacial score (nSPS) is 24.7. The van der Waals surface area contributed by atoms with Crippen molar-refractivity contribution < 1.29 is 9.84 Å². The van der Waals surface area contributed by atoms with Crippen LogP contribution in [-0.4, -0.2) is 29.3 Å². The van der Waals surface area contributed by atoms with E-state index in [2.05, 4.69) is 4.99 Å². The summed E-state index contributed by atoms with van der Waals surface area (Å²) >= 11 is 0. The zero-order chi connectivity index (χ0) is 8.48. The first-order valence-electron chi connectivity index (χ1n) is 3.96. The Labute approximate surface area is 67.1 Å². The van der Waals surface area contributed by atoms with Crippen molar-refractivity contribution in [3.05, 3.63) is 0 Å². The summed E-state index contributed by atoms with van der Waals surface area (Å²) in [4.78, 5) is 4.22. The molecule has 11 heavy (non-hydrogen) atoms. The van der Waals surface area contributed by atoms with Gasteiger partial charge in [-0.05, 0) is 13.8 Å². The molecule has 1 heterocycles. The van der Waals surface area contributed by atoms with E-state index >= 15 is 0 Å².